The number of halogens is 1. The minimum atomic E-state index is 0.830. The molecule has 0 unspecified atom stereocenters. The van der Waals surface area contributed by atoms with E-state index in [2.05, 4.69) is 32.6 Å². The van der Waals surface area contributed by atoms with Gasteiger partial charge in [-0.1, -0.05) is 0 Å². The molecule has 46 valence electrons. The summed E-state index contributed by atoms with van der Waals surface area (Å²) in [6.07, 6.45) is 0. The van der Waals surface area contributed by atoms with Crippen LogP contribution in [0.2, 0.25) is 0 Å². The Kier molecular flexibility index (Phi) is 4.03. The van der Waals surface area contributed by atoms with Crippen molar-refractivity contribution in [2.24, 2.45) is 9.98 Å². The largest absolute Gasteiger partial charge is 0.274 e. The molecule has 0 aliphatic carbocycles. The summed E-state index contributed by atoms with van der Waals surface area (Å²) in [7, 11) is 1.73. The lowest BCUT2D eigenvalue weighted by molar-refractivity contribution is 1.38. The summed E-state index contributed by atoms with van der Waals surface area (Å²) < 4.78 is 1.02. The smallest absolute Gasteiger partial charge is 0.120 e. The molecular formula is C5H9IN2. The quantitative estimate of drug-likeness (QED) is 0.341. The van der Waals surface area contributed by atoms with Crippen molar-refractivity contribution < 1.29 is 0 Å². The van der Waals surface area contributed by atoms with Crippen LogP contribution >= 0.6 is 22.6 Å². The molecule has 0 aliphatic rings. The van der Waals surface area contributed by atoms with E-state index in [9.17, 15) is 0 Å². The first-order valence-electron chi connectivity index (χ1n) is 2.31. The van der Waals surface area contributed by atoms with Gasteiger partial charge in [-0.25, -0.2) is 4.99 Å². The Bertz CT molecular complexity index is 122. The second-order valence-electron chi connectivity index (χ2n) is 1.38. The van der Waals surface area contributed by atoms with Gasteiger partial charge in [-0.05, 0) is 36.4 Å². The summed E-state index contributed by atoms with van der Waals surface area (Å²) in [4.78, 5) is 7.90. The maximum Gasteiger partial charge on any atom is 0.120 e. The lowest BCUT2D eigenvalue weighted by Crippen LogP contribution is -1.86. The molecule has 2 nitrogen and oxygen atoms in total. The fraction of sp³-hybridized carbons (Fsp3) is 0.600. The van der Waals surface area contributed by atoms with Crippen LogP contribution in [0.25, 0.3) is 0 Å². The van der Waals surface area contributed by atoms with Crippen LogP contribution in [0.1, 0.15) is 13.8 Å². The summed E-state index contributed by atoms with van der Waals surface area (Å²) in [6, 6.07) is 0. The average Bonchev–Trinajstić information content (AvgIpc) is 1.65. The van der Waals surface area contributed by atoms with E-state index >= 15 is 0 Å². The Balaban J connectivity index is 3.89. The topological polar surface area (TPSA) is 24.7 Å². The van der Waals surface area contributed by atoms with E-state index in [-0.39, 0.29) is 0 Å². The van der Waals surface area contributed by atoms with E-state index in [1.165, 1.54) is 0 Å². The Labute approximate surface area is 63.3 Å². The molecule has 0 atom stereocenters. The van der Waals surface area contributed by atoms with Crippen LogP contribution in [-0.2, 0) is 0 Å². The molecule has 0 rings (SSSR count). The number of hydrogen-bond acceptors (Lipinski definition) is 1. The highest BCUT2D eigenvalue weighted by molar-refractivity contribution is 14.1. The van der Waals surface area contributed by atoms with E-state index in [0.29, 0.717) is 0 Å². The molecule has 3 heteroatoms. The molecule has 0 heterocycles. The van der Waals surface area contributed by atoms with Gasteiger partial charge in [0.25, 0.3) is 0 Å². The van der Waals surface area contributed by atoms with Crippen LogP contribution in [0.5, 0.6) is 0 Å². The third-order valence-corrected chi connectivity index (χ3v) is 0.881. The monoisotopic (exact) mass is 224 g/mol. The van der Waals surface area contributed by atoms with Gasteiger partial charge in [0.1, 0.15) is 5.84 Å². The maximum atomic E-state index is 4.05. The van der Waals surface area contributed by atoms with Gasteiger partial charge in [-0.3, -0.25) is 4.99 Å². The van der Waals surface area contributed by atoms with E-state index in [0.717, 1.165) is 9.55 Å². The zero-order valence-corrected chi connectivity index (χ0v) is 7.43. The first kappa shape index (κ1) is 8.07. The fourth-order valence-electron chi connectivity index (χ4n) is 0.273. The Morgan fingerprint density at radius 3 is 2.00 bits per heavy atom. The predicted molar refractivity (Wildman–Crippen MR) is 46.2 cm³/mol. The van der Waals surface area contributed by atoms with Crippen LogP contribution in [0, 0.1) is 0 Å². The minimum absolute atomic E-state index is 0.830. The Morgan fingerprint density at radius 1 is 1.38 bits per heavy atom. The van der Waals surface area contributed by atoms with Gasteiger partial charge in [-0.2, -0.15) is 0 Å². The van der Waals surface area contributed by atoms with E-state index < -0.39 is 0 Å². The molecule has 0 amide bonds. The molecule has 0 saturated heterocycles. The van der Waals surface area contributed by atoms with Gasteiger partial charge in [0.15, 0.2) is 0 Å². The molecule has 0 radical (unpaired) electrons. The number of rotatable bonds is 0. The lowest BCUT2D eigenvalue weighted by atomic mass is 10.7. The summed E-state index contributed by atoms with van der Waals surface area (Å²) in [5.74, 6) is 0.830. The van der Waals surface area contributed by atoms with E-state index in [1.54, 1.807) is 7.05 Å². The second-order valence-corrected chi connectivity index (χ2v) is 2.94. The SMILES string of the molecule is CN=C(C)N=C(C)I. The van der Waals surface area contributed by atoms with Crippen LogP contribution in [0.15, 0.2) is 9.98 Å². The Hall–Kier alpha value is 0.0700. The van der Waals surface area contributed by atoms with Crippen molar-refractivity contribution in [3.05, 3.63) is 0 Å². The van der Waals surface area contributed by atoms with Crippen LogP contribution in [-0.4, -0.2) is 16.6 Å². The summed E-state index contributed by atoms with van der Waals surface area (Å²) in [5, 5.41) is 0. The van der Waals surface area contributed by atoms with Crippen molar-refractivity contribution >= 4 is 32.1 Å². The van der Waals surface area contributed by atoms with Gasteiger partial charge < -0.3 is 0 Å². The molecule has 0 aliphatic heterocycles. The third kappa shape index (κ3) is 4.23. The number of hydrogen-bond donors (Lipinski definition) is 0. The first-order valence-corrected chi connectivity index (χ1v) is 3.39. The van der Waals surface area contributed by atoms with Gasteiger partial charge in [-0.15, -0.1) is 0 Å². The van der Waals surface area contributed by atoms with Gasteiger partial charge >= 0.3 is 0 Å². The van der Waals surface area contributed by atoms with E-state index in [1.807, 2.05) is 13.8 Å². The molecule has 0 bridgehead atoms. The molecule has 0 aromatic heterocycles. The maximum absolute atomic E-state index is 4.05. The van der Waals surface area contributed by atoms with Crippen molar-refractivity contribution in [1.82, 2.24) is 0 Å². The predicted octanol–water partition coefficient (Wildman–Crippen LogP) is 1.89. The highest BCUT2D eigenvalue weighted by atomic mass is 127. The van der Waals surface area contributed by atoms with Crippen molar-refractivity contribution in [3.63, 3.8) is 0 Å². The zero-order chi connectivity index (χ0) is 6.57. The number of nitrogens with zero attached hydrogens (tertiary/aromatic N) is 2. The molecular weight excluding hydrogens is 215 g/mol. The molecule has 0 aromatic carbocycles. The molecule has 0 N–H and O–H groups in total. The van der Waals surface area contributed by atoms with Crippen molar-refractivity contribution in [1.29, 1.82) is 0 Å². The normalized spacial score (nSPS) is 14.5. The van der Waals surface area contributed by atoms with Gasteiger partial charge in [0, 0.05) is 7.05 Å². The standard InChI is InChI=1S/C5H9IN2/c1-4(6)8-5(2)7-3/h1-3H3. The number of amidine groups is 1. The summed E-state index contributed by atoms with van der Waals surface area (Å²) in [6.45, 7) is 3.82. The van der Waals surface area contributed by atoms with Crippen LogP contribution in [0.4, 0.5) is 0 Å². The fourth-order valence-corrected chi connectivity index (χ4v) is 0.622. The zero-order valence-electron chi connectivity index (χ0n) is 5.27. The molecule has 0 fully saturated rings. The molecule has 0 spiro atoms. The highest BCUT2D eigenvalue weighted by Gasteiger charge is 1.81. The average molecular weight is 224 g/mol. The van der Waals surface area contributed by atoms with Crippen LogP contribution < -0.4 is 0 Å². The van der Waals surface area contributed by atoms with Gasteiger partial charge in [0.2, 0.25) is 0 Å². The second kappa shape index (κ2) is 4.00. The Morgan fingerprint density at radius 2 is 1.88 bits per heavy atom. The lowest BCUT2D eigenvalue weighted by Gasteiger charge is -1.86. The minimum Gasteiger partial charge on any atom is -0.274 e. The van der Waals surface area contributed by atoms with Crippen molar-refractivity contribution in [3.8, 4) is 0 Å². The molecule has 8 heavy (non-hydrogen) atoms. The van der Waals surface area contributed by atoms with Gasteiger partial charge in [0.05, 0.1) is 3.72 Å². The molecule has 0 aromatic rings. The van der Waals surface area contributed by atoms with Crippen LogP contribution in [0.3, 0.4) is 0 Å². The summed E-state index contributed by atoms with van der Waals surface area (Å²) in [5.41, 5.74) is 0. The first-order chi connectivity index (χ1) is 3.66. The highest BCUT2D eigenvalue weighted by Crippen LogP contribution is 1.89. The van der Waals surface area contributed by atoms with Crippen molar-refractivity contribution in [2.75, 3.05) is 7.05 Å². The molecule has 0 saturated carbocycles. The van der Waals surface area contributed by atoms with Crippen molar-refractivity contribution in [2.45, 2.75) is 13.8 Å². The van der Waals surface area contributed by atoms with E-state index in [4.69, 9.17) is 0 Å². The number of aliphatic imine (C=N–C) groups is 2. The summed E-state index contributed by atoms with van der Waals surface area (Å²) >= 11 is 2.15. The third-order valence-electron chi connectivity index (χ3n) is 0.639.